The smallest absolute Gasteiger partial charge is 0.126 e. The molecule has 0 aromatic heterocycles. The Hall–Kier alpha value is -0.120. The lowest BCUT2D eigenvalue weighted by Crippen LogP contribution is -2.25. The summed E-state index contributed by atoms with van der Waals surface area (Å²) < 4.78 is 0. The molecule has 0 spiro atoms. The van der Waals surface area contributed by atoms with Crippen molar-refractivity contribution in [3.63, 3.8) is 0 Å². The summed E-state index contributed by atoms with van der Waals surface area (Å²) >= 11 is 0. The maximum absolute atomic E-state index is 5.12. The second kappa shape index (κ2) is 3.08. The van der Waals surface area contributed by atoms with Gasteiger partial charge in [0.25, 0.3) is 0 Å². The van der Waals surface area contributed by atoms with Crippen molar-refractivity contribution >= 4 is 0 Å². The first-order valence-corrected chi connectivity index (χ1v) is 1.92. The van der Waals surface area contributed by atoms with Crippen molar-refractivity contribution in [2.75, 3.05) is 0 Å². The van der Waals surface area contributed by atoms with Crippen LogP contribution < -0.4 is 11.6 Å². The fraction of sp³-hybridized carbons (Fsp3) is 1.00. The largest absolute Gasteiger partial charge is 0.304 e. The van der Waals surface area contributed by atoms with Crippen molar-refractivity contribution in [2.45, 2.75) is 19.6 Å². The third-order valence-corrected chi connectivity index (χ3v) is 0.577. The van der Waals surface area contributed by atoms with Gasteiger partial charge in [0, 0.05) is 0 Å². The van der Waals surface area contributed by atoms with Gasteiger partial charge in [0.05, 0.1) is 0 Å². The normalized spacial score (nSPS) is 14.5. The molecular formula is C3H10N2O. The van der Waals surface area contributed by atoms with E-state index >= 15 is 0 Å². The predicted octanol–water partition coefficient (Wildman–Crippen LogP) is -0.429. The molecule has 0 bridgehead atoms. The number of hydrogen-bond donors (Lipinski definition) is 2. The molecule has 3 nitrogen and oxygen atoms in total. The topological polar surface area (TPSA) is 61.3 Å². The molecule has 38 valence electrons. The quantitative estimate of drug-likeness (QED) is 0.357. The van der Waals surface area contributed by atoms with Crippen molar-refractivity contribution in [3.8, 4) is 0 Å². The van der Waals surface area contributed by atoms with Gasteiger partial charge in [-0.1, -0.05) is 6.92 Å². The molecule has 1 atom stereocenters. The zero-order valence-corrected chi connectivity index (χ0v) is 3.85. The van der Waals surface area contributed by atoms with Gasteiger partial charge in [-0.25, -0.2) is 5.90 Å². The molecule has 6 heavy (non-hydrogen) atoms. The van der Waals surface area contributed by atoms with Crippen molar-refractivity contribution in [2.24, 2.45) is 11.6 Å². The van der Waals surface area contributed by atoms with Gasteiger partial charge in [0.2, 0.25) is 0 Å². The lowest BCUT2D eigenvalue weighted by atomic mass is 10.5. The van der Waals surface area contributed by atoms with Crippen LogP contribution in [0.25, 0.3) is 0 Å². The predicted molar refractivity (Wildman–Crippen MR) is 23.5 cm³/mol. The van der Waals surface area contributed by atoms with Gasteiger partial charge in [-0.15, -0.1) is 0 Å². The van der Waals surface area contributed by atoms with Crippen LogP contribution in [0.1, 0.15) is 13.3 Å². The van der Waals surface area contributed by atoms with Crippen LogP contribution in [-0.2, 0) is 4.84 Å². The summed E-state index contributed by atoms with van der Waals surface area (Å²) in [5.41, 5.74) is 5.12. The van der Waals surface area contributed by atoms with E-state index in [2.05, 4.69) is 10.7 Å². The fourth-order valence-corrected chi connectivity index (χ4v) is 0.0962. The van der Waals surface area contributed by atoms with Crippen molar-refractivity contribution < 1.29 is 4.84 Å². The standard InChI is InChI=1S/C3H10N2O/c1-2-3(4)6-5/h3H,2,4-5H2,1H3. The van der Waals surface area contributed by atoms with E-state index in [0.29, 0.717) is 0 Å². The van der Waals surface area contributed by atoms with E-state index in [1.165, 1.54) is 0 Å². The lowest BCUT2D eigenvalue weighted by Gasteiger charge is -2.00. The Morgan fingerprint density at radius 3 is 2.33 bits per heavy atom. The number of rotatable bonds is 2. The molecule has 0 aliphatic heterocycles. The van der Waals surface area contributed by atoms with E-state index in [9.17, 15) is 0 Å². The molecule has 0 aromatic rings. The Labute approximate surface area is 37.2 Å². The van der Waals surface area contributed by atoms with Gasteiger partial charge in [-0.2, -0.15) is 0 Å². The first-order valence-electron chi connectivity index (χ1n) is 1.92. The van der Waals surface area contributed by atoms with E-state index in [4.69, 9.17) is 5.73 Å². The maximum atomic E-state index is 5.12. The highest BCUT2D eigenvalue weighted by Gasteiger charge is 1.89. The molecule has 0 heterocycles. The van der Waals surface area contributed by atoms with Crippen LogP contribution >= 0.6 is 0 Å². The molecule has 0 saturated carbocycles. The molecule has 0 fully saturated rings. The van der Waals surface area contributed by atoms with E-state index in [-0.39, 0.29) is 6.23 Å². The van der Waals surface area contributed by atoms with E-state index in [1.807, 2.05) is 6.92 Å². The van der Waals surface area contributed by atoms with Crippen molar-refractivity contribution in [3.05, 3.63) is 0 Å². The summed E-state index contributed by atoms with van der Waals surface area (Å²) in [6, 6.07) is 0. The van der Waals surface area contributed by atoms with E-state index in [1.54, 1.807) is 0 Å². The molecule has 0 rings (SSSR count). The summed E-state index contributed by atoms with van der Waals surface area (Å²) in [7, 11) is 0. The first-order chi connectivity index (χ1) is 2.81. The fourth-order valence-electron chi connectivity index (χ4n) is 0.0962. The molecule has 0 aliphatic rings. The summed E-state index contributed by atoms with van der Waals surface area (Å²) in [4.78, 5) is 4.18. The van der Waals surface area contributed by atoms with Crippen LogP contribution in [0.2, 0.25) is 0 Å². The molecule has 4 N–H and O–H groups in total. The van der Waals surface area contributed by atoms with Crippen molar-refractivity contribution in [1.82, 2.24) is 0 Å². The molecule has 0 radical (unpaired) electrons. The van der Waals surface area contributed by atoms with Gasteiger partial charge in [-0.05, 0) is 6.42 Å². The zero-order valence-electron chi connectivity index (χ0n) is 3.85. The summed E-state index contributed by atoms with van der Waals surface area (Å²) in [5.74, 6) is 4.66. The maximum Gasteiger partial charge on any atom is 0.126 e. The summed E-state index contributed by atoms with van der Waals surface area (Å²) in [6.07, 6.45) is 0.473. The number of hydrogen-bond acceptors (Lipinski definition) is 3. The van der Waals surface area contributed by atoms with Crippen LogP contribution in [0.15, 0.2) is 0 Å². The van der Waals surface area contributed by atoms with Gasteiger partial charge in [-0.3, -0.25) is 4.84 Å². The molecular weight excluding hydrogens is 80.0 g/mol. The average Bonchev–Trinajstić information content (AvgIpc) is 1.65. The minimum atomic E-state index is -0.287. The Balaban J connectivity index is 2.75. The lowest BCUT2D eigenvalue weighted by molar-refractivity contribution is 0.0555. The summed E-state index contributed by atoms with van der Waals surface area (Å²) in [5, 5.41) is 0. The minimum absolute atomic E-state index is 0.287. The Bertz CT molecular complexity index is 28.0. The van der Waals surface area contributed by atoms with Gasteiger partial charge in [0.1, 0.15) is 6.23 Å². The zero-order chi connectivity index (χ0) is 4.99. The van der Waals surface area contributed by atoms with Crippen LogP contribution in [0, 0.1) is 0 Å². The van der Waals surface area contributed by atoms with Crippen LogP contribution in [0.4, 0.5) is 0 Å². The summed E-state index contributed by atoms with van der Waals surface area (Å²) in [6.45, 7) is 1.90. The minimum Gasteiger partial charge on any atom is -0.304 e. The second-order valence-corrected chi connectivity index (χ2v) is 1.08. The molecule has 0 aromatic carbocycles. The van der Waals surface area contributed by atoms with Crippen molar-refractivity contribution in [1.29, 1.82) is 0 Å². The first kappa shape index (κ1) is 5.88. The SMILES string of the molecule is CCC(N)ON. The van der Waals surface area contributed by atoms with Gasteiger partial charge in [0.15, 0.2) is 0 Å². The highest BCUT2D eigenvalue weighted by atomic mass is 16.6. The molecule has 0 saturated heterocycles. The van der Waals surface area contributed by atoms with E-state index in [0.717, 1.165) is 6.42 Å². The van der Waals surface area contributed by atoms with Crippen LogP contribution in [0.5, 0.6) is 0 Å². The average molecular weight is 90.1 g/mol. The third kappa shape index (κ3) is 2.14. The van der Waals surface area contributed by atoms with Crippen LogP contribution in [0.3, 0.4) is 0 Å². The molecule has 0 aliphatic carbocycles. The molecule has 3 heteroatoms. The Morgan fingerprint density at radius 2 is 2.33 bits per heavy atom. The molecule has 0 amide bonds. The molecule has 1 unspecified atom stereocenters. The van der Waals surface area contributed by atoms with Gasteiger partial charge >= 0.3 is 0 Å². The number of nitrogens with two attached hydrogens (primary N) is 2. The Morgan fingerprint density at radius 1 is 1.83 bits per heavy atom. The highest BCUT2D eigenvalue weighted by Crippen LogP contribution is 1.79. The second-order valence-electron chi connectivity index (χ2n) is 1.08. The third-order valence-electron chi connectivity index (χ3n) is 0.577. The monoisotopic (exact) mass is 90.1 g/mol. The highest BCUT2D eigenvalue weighted by molar-refractivity contribution is 4.34. The van der Waals surface area contributed by atoms with Crippen LogP contribution in [-0.4, -0.2) is 6.23 Å². The van der Waals surface area contributed by atoms with Gasteiger partial charge < -0.3 is 5.73 Å². The Kier molecular flexibility index (Phi) is 3.02. The van der Waals surface area contributed by atoms with E-state index < -0.39 is 0 Å².